The maximum Gasteiger partial charge on any atom is 0.104 e. The first-order chi connectivity index (χ1) is 7.70. The average Bonchev–Trinajstić information content (AvgIpc) is 2.29. The van der Waals surface area contributed by atoms with Crippen molar-refractivity contribution in [3.8, 4) is 11.1 Å². The molecular weight excluding hydrogens is 214 g/mol. The van der Waals surface area contributed by atoms with Crippen molar-refractivity contribution >= 4 is 17.2 Å². The Morgan fingerprint density at radius 1 is 0.938 bits per heavy atom. The molecule has 2 heteroatoms. The molecule has 80 valence electrons. The van der Waals surface area contributed by atoms with Gasteiger partial charge in [-0.1, -0.05) is 60.7 Å². The second kappa shape index (κ2) is 4.45. The maximum atomic E-state index is 5.73. The fourth-order valence-electron chi connectivity index (χ4n) is 1.81. The van der Waals surface area contributed by atoms with Crippen molar-refractivity contribution in [3.05, 3.63) is 59.7 Å². The molecule has 0 radical (unpaired) electrons. The van der Waals surface area contributed by atoms with Gasteiger partial charge in [-0.2, -0.15) is 0 Å². The van der Waals surface area contributed by atoms with E-state index in [9.17, 15) is 0 Å². The van der Waals surface area contributed by atoms with Crippen molar-refractivity contribution in [2.45, 2.75) is 6.92 Å². The van der Waals surface area contributed by atoms with Crippen LogP contribution in [-0.4, -0.2) is 4.99 Å². The molecule has 0 atom stereocenters. The molecule has 0 aliphatic carbocycles. The largest absolute Gasteiger partial charge is 0.389 e. The van der Waals surface area contributed by atoms with Crippen LogP contribution in [0.2, 0.25) is 0 Å². The number of hydrogen-bond acceptors (Lipinski definition) is 1. The summed E-state index contributed by atoms with van der Waals surface area (Å²) in [6.45, 7) is 2.09. The Hall–Kier alpha value is -1.67. The summed E-state index contributed by atoms with van der Waals surface area (Å²) in [6.07, 6.45) is 0. The van der Waals surface area contributed by atoms with Gasteiger partial charge in [-0.3, -0.25) is 0 Å². The first-order valence-electron chi connectivity index (χ1n) is 5.15. The van der Waals surface area contributed by atoms with E-state index in [-0.39, 0.29) is 0 Å². The summed E-state index contributed by atoms with van der Waals surface area (Å²) < 4.78 is 0. The molecule has 0 aromatic heterocycles. The fourth-order valence-corrected chi connectivity index (χ4v) is 1.99. The molecule has 0 unspecified atom stereocenters. The van der Waals surface area contributed by atoms with E-state index < -0.39 is 0 Å². The zero-order valence-electron chi connectivity index (χ0n) is 9.10. The number of thiocarbonyl (C=S) groups is 1. The van der Waals surface area contributed by atoms with Crippen molar-refractivity contribution in [3.63, 3.8) is 0 Å². The molecule has 2 N–H and O–H groups in total. The average molecular weight is 227 g/mol. The highest BCUT2D eigenvalue weighted by atomic mass is 32.1. The summed E-state index contributed by atoms with van der Waals surface area (Å²) in [5.74, 6) is 0. The molecule has 0 aliphatic heterocycles. The van der Waals surface area contributed by atoms with Crippen molar-refractivity contribution in [2.75, 3.05) is 0 Å². The molecule has 2 aromatic rings. The van der Waals surface area contributed by atoms with Crippen LogP contribution in [0.5, 0.6) is 0 Å². The van der Waals surface area contributed by atoms with Gasteiger partial charge in [0.1, 0.15) is 4.99 Å². The number of nitrogens with two attached hydrogens (primary N) is 1. The van der Waals surface area contributed by atoms with E-state index in [0.717, 1.165) is 11.1 Å². The normalized spacial score (nSPS) is 10.1. The van der Waals surface area contributed by atoms with Crippen molar-refractivity contribution in [2.24, 2.45) is 5.73 Å². The van der Waals surface area contributed by atoms with Crippen LogP contribution in [0, 0.1) is 6.92 Å². The molecule has 0 aliphatic rings. The molecular formula is C14H13NS. The molecule has 0 spiro atoms. The summed E-state index contributed by atoms with van der Waals surface area (Å²) in [7, 11) is 0. The number of rotatable bonds is 2. The summed E-state index contributed by atoms with van der Waals surface area (Å²) in [4.78, 5) is 0.443. The lowest BCUT2D eigenvalue weighted by molar-refractivity contribution is 1.45. The summed E-state index contributed by atoms with van der Waals surface area (Å²) >= 11 is 5.07. The Kier molecular flexibility index (Phi) is 3.02. The smallest absolute Gasteiger partial charge is 0.104 e. The number of hydrogen-bond donors (Lipinski definition) is 1. The molecule has 0 amide bonds. The molecule has 0 saturated heterocycles. The minimum atomic E-state index is 0.443. The topological polar surface area (TPSA) is 26.0 Å². The van der Waals surface area contributed by atoms with Gasteiger partial charge < -0.3 is 5.73 Å². The molecule has 0 bridgehead atoms. The SMILES string of the molecule is Cc1ccccc1-c1ccccc1C(N)=S. The molecule has 2 aromatic carbocycles. The minimum absolute atomic E-state index is 0.443. The van der Waals surface area contributed by atoms with Gasteiger partial charge in [0.2, 0.25) is 0 Å². The third-order valence-electron chi connectivity index (χ3n) is 2.63. The van der Waals surface area contributed by atoms with Crippen LogP contribution in [0.3, 0.4) is 0 Å². The van der Waals surface area contributed by atoms with Gasteiger partial charge in [-0.25, -0.2) is 0 Å². The first-order valence-corrected chi connectivity index (χ1v) is 5.56. The van der Waals surface area contributed by atoms with Gasteiger partial charge >= 0.3 is 0 Å². The van der Waals surface area contributed by atoms with E-state index in [0.29, 0.717) is 4.99 Å². The lowest BCUT2D eigenvalue weighted by Gasteiger charge is -2.10. The Morgan fingerprint density at radius 3 is 2.12 bits per heavy atom. The Morgan fingerprint density at radius 2 is 1.50 bits per heavy atom. The van der Waals surface area contributed by atoms with Gasteiger partial charge in [0.15, 0.2) is 0 Å². The first kappa shape index (κ1) is 10.8. The van der Waals surface area contributed by atoms with Crippen molar-refractivity contribution in [1.82, 2.24) is 0 Å². The van der Waals surface area contributed by atoms with Crippen LogP contribution in [-0.2, 0) is 0 Å². The van der Waals surface area contributed by atoms with E-state index in [1.807, 2.05) is 30.3 Å². The van der Waals surface area contributed by atoms with Crippen LogP contribution in [0.1, 0.15) is 11.1 Å². The summed E-state index contributed by atoms with van der Waals surface area (Å²) in [6, 6.07) is 16.2. The summed E-state index contributed by atoms with van der Waals surface area (Å²) in [5, 5.41) is 0. The highest BCUT2D eigenvalue weighted by Crippen LogP contribution is 2.26. The minimum Gasteiger partial charge on any atom is -0.389 e. The second-order valence-corrected chi connectivity index (χ2v) is 4.16. The van der Waals surface area contributed by atoms with Crippen LogP contribution < -0.4 is 5.73 Å². The third-order valence-corrected chi connectivity index (χ3v) is 2.85. The van der Waals surface area contributed by atoms with Gasteiger partial charge in [-0.15, -0.1) is 0 Å². The maximum absolute atomic E-state index is 5.73. The van der Waals surface area contributed by atoms with E-state index in [1.165, 1.54) is 11.1 Å². The molecule has 0 saturated carbocycles. The Balaban J connectivity index is 2.65. The predicted molar refractivity (Wildman–Crippen MR) is 72.5 cm³/mol. The van der Waals surface area contributed by atoms with E-state index in [4.69, 9.17) is 18.0 Å². The zero-order valence-corrected chi connectivity index (χ0v) is 9.92. The third kappa shape index (κ3) is 1.97. The van der Waals surface area contributed by atoms with Gasteiger partial charge in [0.05, 0.1) is 0 Å². The number of benzene rings is 2. The van der Waals surface area contributed by atoms with Gasteiger partial charge in [-0.05, 0) is 23.6 Å². The highest BCUT2D eigenvalue weighted by Gasteiger charge is 2.07. The van der Waals surface area contributed by atoms with Crippen LogP contribution >= 0.6 is 12.2 Å². The monoisotopic (exact) mass is 227 g/mol. The quantitative estimate of drug-likeness (QED) is 0.797. The van der Waals surface area contributed by atoms with Crippen molar-refractivity contribution in [1.29, 1.82) is 0 Å². The number of aryl methyl sites for hydroxylation is 1. The van der Waals surface area contributed by atoms with E-state index in [2.05, 4.69) is 25.1 Å². The van der Waals surface area contributed by atoms with Crippen LogP contribution in [0.4, 0.5) is 0 Å². The Labute approximate surface area is 101 Å². The molecule has 0 heterocycles. The molecule has 16 heavy (non-hydrogen) atoms. The lowest BCUT2D eigenvalue weighted by Crippen LogP contribution is -2.10. The predicted octanol–water partition coefficient (Wildman–Crippen LogP) is 3.30. The van der Waals surface area contributed by atoms with Crippen LogP contribution in [0.25, 0.3) is 11.1 Å². The molecule has 0 fully saturated rings. The fraction of sp³-hybridized carbons (Fsp3) is 0.0714. The summed E-state index contributed by atoms with van der Waals surface area (Å²) in [5.41, 5.74) is 10.2. The standard InChI is InChI=1S/C14H13NS/c1-10-6-2-3-7-11(10)12-8-4-5-9-13(12)14(15)16/h2-9H,1H3,(H2,15,16). The molecule has 1 nitrogen and oxygen atoms in total. The highest BCUT2D eigenvalue weighted by molar-refractivity contribution is 7.80. The molecule has 2 rings (SSSR count). The van der Waals surface area contributed by atoms with E-state index in [1.54, 1.807) is 0 Å². The lowest BCUT2D eigenvalue weighted by atomic mass is 9.96. The second-order valence-electron chi connectivity index (χ2n) is 3.72. The van der Waals surface area contributed by atoms with Crippen molar-refractivity contribution < 1.29 is 0 Å². The van der Waals surface area contributed by atoms with Crippen LogP contribution in [0.15, 0.2) is 48.5 Å². The zero-order chi connectivity index (χ0) is 11.5. The van der Waals surface area contributed by atoms with E-state index >= 15 is 0 Å². The van der Waals surface area contributed by atoms with Gasteiger partial charge in [0, 0.05) is 5.56 Å². The Bertz CT molecular complexity index is 532. The van der Waals surface area contributed by atoms with Gasteiger partial charge in [0.25, 0.3) is 0 Å².